The number of anilines is 1. The molecule has 0 aliphatic heterocycles. The van der Waals surface area contributed by atoms with Crippen molar-refractivity contribution in [1.82, 2.24) is 9.55 Å². The van der Waals surface area contributed by atoms with Gasteiger partial charge in [-0.3, -0.25) is 9.36 Å². The Hall–Kier alpha value is -3.15. The molecule has 6 nitrogen and oxygen atoms in total. The summed E-state index contributed by atoms with van der Waals surface area (Å²) in [5.41, 5.74) is 4.17. The van der Waals surface area contributed by atoms with Crippen molar-refractivity contribution in [2.24, 2.45) is 5.10 Å². The molecular formula is C19H20N4O2. The molecule has 3 rings (SSSR count). The summed E-state index contributed by atoms with van der Waals surface area (Å²) in [7, 11) is 0. The fourth-order valence-electron chi connectivity index (χ4n) is 2.55. The van der Waals surface area contributed by atoms with E-state index in [2.05, 4.69) is 22.4 Å². The predicted molar refractivity (Wildman–Crippen MR) is 100 cm³/mol. The van der Waals surface area contributed by atoms with Gasteiger partial charge in [-0.05, 0) is 36.2 Å². The van der Waals surface area contributed by atoms with Crippen molar-refractivity contribution in [1.29, 1.82) is 0 Å². The Morgan fingerprint density at radius 3 is 2.88 bits per heavy atom. The zero-order valence-corrected chi connectivity index (χ0v) is 14.0. The van der Waals surface area contributed by atoms with Crippen LogP contribution >= 0.6 is 0 Å². The van der Waals surface area contributed by atoms with Crippen molar-refractivity contribution >= 4 is 23.1 Å². The number of phenols is 1. The van der Waals surface area contributed by atoms with Crippen molar-refractivity contribution in [2.45, 2.75) is 26.3 Å². The largest absolute Gasteiger partial charge is 0.508 e. The fraction of sp³-hybridized carbons (Fsp3) is 0.211. The zero-order valence-electron chi connectivity index (χ0n) is 14.0. The van der Waals surface area contributed by atoms with E-state index < -0.39 is 0 Å². The van der Waals surface area contributed by atoms with E-state index in [1.54, 1.807) is 35.0 Å². The second kappa shape index (κ2) is 7.61. The number of hydrogen-bond acceptors (Lipinski definition) is 5. The molecule has 0 bridgehead atoms. The maximum Gasteiger partial charge on any atom is 0.262 e. The minimum atomic E-state index is -0.0749. The quantitative estimate of drug-likeness (QED) is 0.534. The highest BCUT2D eigenvalue weighted by Gasteiger charge is 2.09. The van der Waals surface area contributed by atoms with Crippen LogP contribution in [0, 0.1) is 0 Å². The molecule has 128 valence electrons. The minimum Gasteiger partial charge on any atom is -0.508 e. The van der Waals surface area contributed by atoms with E-state index in [-0.39, 0.29) is 11.3 Å². The average molecular weight is 336 g/mol. The third-order valence-electron chi connectivity index (χ3n) is 3.85. The number of para-hydroxylation sites is 1. The number of aromatic nitrogens is 2. The summed E-state index contributed by atoms with van der Waals surface area (Å²) in [6, 6.07) is 14.0. The Labute approximate surface area is 145 Å². The van der Waals surface area contributed by atoms with Crippen LogP contribution in [0.15, 0.2) is 58.4 Å². The smallest absolute Gasteiger partial charge is 0.262 e. The Bertz CT molecular complexity index is 963. The van der Waals surface area contributed by atoms with Crippen molar-refractivity contribution in [2.75, 3.05) is 5.43 Å². The van der Waals surface area contributed by atoms with Gasteiger partial charge >= 0.3 is 0 Å². The van der Waals surface area contributed by atoms with Gasteiger partial charge in [0.05, 0.1) is 17.1 Å². The highest BCUT2D eigenvalue weighted by Crippen LogP contribution is 2.13. The predicted octanol–water partition coefficient (Wildman–Crippen LogP) is 3.35. The maximum atomic E-state index is 12.7. The molecule has 3 aromatic rings. The lowest BCUT2D eigenvalue weighted by Crippen LogP contribution is -2.24. The molecule has 0 aliphatic rings. The third kappa shape index (κ3) is 3.85. The van der Waals surface area contributed by atoms with Gasteiger partial charge in [-0.1, -0.05) is 37.6 Å². The van der Waals surface area contributed by atoms with Crippen LogP contribution < -0.4 is 11.0 Å². The molecule has 1 aromatic heterocycles. The molecule has 25 heavy (non-hydrogen) atoms. The lowest BCUT2D eigenvalue weighted by Gasteiger charge is -2.12. The van der Waals surface area contributed by atoms with Crippen molar-refractivity contribution < 1.29 is 5.11 Å². The fourth-order valence-corrected chi connectivity index (χ4v) is 2.55. The number of fused-ring (bicyclic) bond motifs is 1. The van der Waals surface area contributed by atoms with E-state index in [1.165, 1.54) is 0 Å². The van der Waals surface area contributed by atoms with Gasteiger partial charge in [0.15, 0.2) is 0 Å². The van der Waals surface area contributed by atoms with E-state index in [0.29, 0.717) is 23.4 Å². The average Bonchev–Trinajstić information content (AvgIpc) is 2.61. The molecule has 2 N–H and O–H groups in total. The number of phenolic OH excluding ortho intramolecular Hbond substituents is 1. The van der Waals surface area contributed by atoms with Crippen LogP contribution in [-0.2, 0) is 6.54 Å². The van der Waals surface area contributed by atoms with Crippen LogP contribution in [0.25, 0.3) is 10.9 Å². The van der Waals surface area contributed by atoms with E-state index in [4.69, 9.17) is 0 Å². The molecule has 0 aliphatic carbocycles. The van der Waals surface area contributed by atoms with Gasteiger partial charge in [0, 0.05) is 6.54 Å². The SMILES string of the molecule is CCCCn1c(N/N=C/c2cccc(O)c2)nc2ccccc2c1=O. The third-order valence-corrected chi connectivity index (χ3v) is 3.85. The van der Waals surface area contributed by atoms with Crippen LogP contribution in [0.2, 0.25) is 0 Å². The Balaban J connectivity index is 1.94. The second-order valence-corrected chi connectivity index (χ2v) is 5.73. The molecular weight excluding hydrogens is 316 g/mol. The molecule has 0 saturated carbocycles. The summed E-state index contributed by atoms with van der Waals surface area (Å²) in [5.74, 6) is 0.584. The molecule has 2 aromatic carbocycles. The highest BCUT2D eigenvalue weighted by atomic mass is 16.3. The zero-order chi connectivity index (χ0) is 17.6. The molecule has 6 heteroatoms. The molecule has 0 saturated heterocycles. The van der Waals surface area contributed by atoms with E-state index >= 15 is 0 Å². The first-order valence-corrected chi connectivity index (χ1v) is 8.26. The number of rotatable bonds is 6. The molecule has 1 heterocycles. The van der Waals surface area contributed by atoms with Crippen LogP contribution in [0.4, 0.5) is 5.95 Å². The summed E-state index contributed by atoms with van der Waals surface area (Å²) >= 11 is 0. The van der Waals surface area contributed by atoms with E-state index in [1.807, 2.05) is 24.3 Å². The first kappa shape index (κ1) is 16.7. The number of unbranched alkanes of at least 4 members (excludes halogenated alkanes) is 1. The van der Waals surface area contributed by atoms with Gasteiger partial charge in [-0.15, -0.1) is 0 Å². The second-order valence-electron chi connectivity index (χ2n) is 5.73. The van der Waals surface area contributed by atoms with Gasteiger partial charge in [-0.2, -0.15) is 5.10 Å². The van der Waals surface area contributed by atoms with Gasteiger partial charge in [0.2, 0.25) is 5.95 Å². The van der Waals surface area contributed by atoms with Crippen molar-refractivity contribution in [3.05, 3.63) is 64.4 Å². The Morgan fingerprint density at radius 1 is 1.24 bits per heavy atom. The monoisotopic (exact) mass is 336 g/mol. The first-order chi connectivity index (χ1) is 12.2. The lowest BCUT2D eigenvalue weighted by atomic mass is 10.2. The molecule has 0 radical (unpaired) electrons. The lowest BCUT2D eigenvalue weighted by molar-refractivity contribution is 0.475. The molecule has 0 fully saturated rings. The topological polar surface area (TPSA) is 79.5 Å². The summed E-state index contributed by atoms with van der Waals surface area (Å²) < 4.78 is 1.62. The normalized spacial score (nSPS) is 11.2. The Morgan fingerprint density at radius 2 is 2.08 bits per heavy atom. The summed E-state index contributed by atoms with van der Waals surface area (Å²) in [6.07, 6.45) is 3.43. The molecule has 0 atom stereocenters. The number of hydrogen-bond donors (Lipinski definition) is 2. The highest BCUT2D eigenvalue weighted by molar-refractivity contribution is 5.81. The van der Waals surface area contributed by atoms with Crippen molar-refractivity contribution in [3.63, 3.8) is 0 Å². The standard InChI is InChI=1S/C19H20N4O2/c1-2-3-11-23-18(25)16-9-4-5-10-17(16)21-19(23)22-20-13-14-7-6-8-15(24)12-14/h4-10,12-13,24H,2-3,11H2,1H3,(H,21,22)/b20-13+. The van der Waals surface area contributed by atoms with Crippen LogP contribution in [0.5, 0.6) is 5.75 Å². The maximum absolute atomic E-state index is 12.7. The summed E-state index contributed by atoms with van der Waals surface area (Å²) in [6.45, 7) is 2.66. The molecule has 0 amide bonds. The number of nitrogens with zero attached hydrogens (tertiary/aromatic N) is 3. The van der Waals surface area contributed by atoms with Gasteiger partial charge in [0.25, 0.3) is 5.56 Å². The number of aromatic hydroxyl groups is 1. The minimum absolute atomic E-state index is 0.0749. The summed E-state index contributed by atoms with van der Waals surface area (Å²) in [4.78, 5) is 17.3. The number of nitrogens with one attached hydrogen (secondary N) is 1. The molecule has 0 spiro atoms. The van der Waals surface area contributed by atoms with Gasteiger partial charge < -0.3 is 5.11 Å². The summed E-state index contributed by atoms with van der Waals surface area (Å²) in [5, 5.41) is 14.2. The van der Waals surface area contributed by atoms with Crippen LogP contribution in [0.1, 0.15) is 25.3 Å². The first-order valence-electron chi connectivity index (χ1n) is 8.26. The van der Waals surface area contributed by atoms with Gasteiger partial charge in [-0.25, -0.2) is 10.4 Å². The number of benzene rings is 2. The molecule has 0 unspecified atom stereocenters. The number of hydrazone groups is 1. The Kier molecular flexibility index (Phi) is 5.09. The van der Waals surface area contributed by atoms with Crippen LogP contribution in [0.3, 0.4) is 0 Å². The van der Waals surface area contributed by atoms with Gasteiger partial charge in [0.1, 0.15) is 5.75 Å². The van der Waals surface area contributed by atoms with Crippen molar-refractivity contribution in [3.8, 4) is 5.75 Å². The van der Waals surface area contributed by atoms with E-state index in [0.717, 1.165) is 18.4 Å². The van der Waals surface area contributed by atoms with E-state index in [9.17, 15) is 9.90 Å². The van der Waals surface area contributed by atoms with Crippen LogP contribution in [-0.4, -0.2) is 20.9 Å².